The van der Waals surface area contributed by atoms with Gasteiger partial charge in [-0.15, -0.1) is 11.3 Å². The number of fused-ring (bicyclic) bond motifs is 1. The molecular formula is C21H15BrFN3O3S. The molecule has 1 N–H and O–H groups in total. The summed E-state index contributed by atoms with van der Waals surface area (Å²) in [6.07, 6.45) is 0. The van der Waals surface area contributed by atoms with Crippen LogP contribution in [0.25, 0.3) is 15.9 Å². The molecule has 0 aliphatic carbocycles. The number of amides is 1. The SMILES string of the molecule is Cc1ccc(NC(=O)Cn2c(=O)n(-c3ccccc3F)c(=O)c3sccc32)c(Br)c1. The van der Waals surface area contributed by atoms with E-state index < -0.39 is 23.0 Å². The molecule has 2 aromatic heterocycles. The van der Waals surface area contributed by atoms with Crippen LogP contribution in [0.2, 0.25) is 0 Å². The first-order valence-corrected chi connectivity index (χ1v) is 10.6. The fourth-order valence-corrected chi connectivity index (χ4v) is 4.56. The van der Waals surface area contributed by atoms with Crippen LogP contribution in [0, 0.1) is 12.7 Å². The highest BCUT2D eigenvalue weighted by Crippen LogP contribution is 2.23. The number of nitrogens with one attached hydrogen (secondary N) is 1. The standard InChI is InChI=1S/C21H15BrFN3O3S/c1-12-6-7-15(13(22)10-12)24-18(27)11-25-17-8-9-30-19(17)20(28)26(21(25)29)16-5-3-2-4-14(16)23/h2-10H,11H2,1H3,(H,24,27). The normalized spacial score (nSPS) is 11.0. The van der Waals surface area contributed by atoms with E-state index in [9.17, 15) is 18.8 Å². The van der Waals surface area contributed by atoms with Gasteiger partial charge in [0.1, 0.15) is 17.1 Å². The molecule has 0 radical (unpaired) electrons. The quantitative estimate of drug-likeness (QED) is 0.471. The molecule has 0 aliphatic heterocycles. The Balaban J connectivity index is 1.80. The van der Waals surface area contributed by atoms with Crippen LogP contribution in [0.1, 0.15) is 5.56 Å². The number of halogens is 2. The van der Waals surface area contributed by atoms with E-state index >= 15 is 0 Å². The second-order valence-electron chi connectivity index (χ2n) is 6.63. The number of anilines is 1. The Hall–Kier alpha value is -3.04. The Morgan fingerprint density at radius 3 is 2.67 bits per heavy atom. The highest BCUT2D eigenvalue weighted by Gasteiger charge is 2.19. The number of para-hydroxylation sites is 1. The van der Waals surface area contributed by atoms with Crippen molar-refractivity contribution in [3.63, 3.8) is 0 Å². The summed E-state index contributed by atoms with van der Waals surface area (Å²) < 4.78 is 17.3. The zero-order valence-electron chi connectivity index (χ0n) is 15.7. The van der Waals surface area contributed by atoms with Gasteiger partial charge < -0.3 is 5.32 Å². The van der Waals surface area contributed by atoms with Gasteiger partial charge in [0.05, 0.1) is 16.9 Å². The molecule has 6 nitrogen and oxygen atoms in total. The van der Waals surface area contributed by atoms with Gasteiger partial charge >= 0.3 is 5.69 Å². The average molecular weight is 488 g/mol. The van der Waals surface area contributed by atoms with Gasteiger partial charge in [0.25, 0.3) is 5.56 Å². The number of carbonyl (C=O) groups is 1. The Bertz CT molecular complexity index is 1410. The maximum Gasteiger partial charge on any atom is 0.336 e. The number of thiophene rings is 1. The van der Waals surface area contributed by atoms with Gasteiger partial charge in [0, 0.05) is 4.47 Å². The predicted octanol–water partition coefficient (Wildman–Crippen LogP) is 4.06. The number of rotatable bonds is 4. The highest BCUT2D eigenvalue weighted by molar-refractivity contribution is 9.10. The fourth-order valence-electron chi connectivity index (χ4n) is 3.14. The van der Waals surface area contributed by atoms with Gasteiger partial charge in [-0.05, 0) is 64.1 Å². The number of aryl methyl sites for hydroxylation is 1. The van der Waals surface area contributed by atoms with Crippen LogP contribution in [0.3, 0.4) is 0 Å². The second-order valence-corrected chi connectivity index (χ2v) is 8.40. The smallest absolute Gasteiger partial charge is 0.324 e. The van der Waals surface area contributed by atoms with Crippen molar-refractivity contribution in [3.05, 3.63) is 90.6 Å². The topological polar surface area (TPSA) is 73.1 Å². The minimum absolute atomic E-state index is 0.154. The minimum atomic E-state index is -0.783. The number of hydrogen-bond donors (Lipinski definition) is 1. The van der Waals surface area contributed by atoms with Gasteiger partial charge in [-0.25, -0.2) is 13.8 Å². The molecule has 0 aliphatic rings. The lowest BCUT2D eigenvalue weighted by Crippen LogP contribution is -2.40. The van der Waals surface area contributed by atoms with Crippen LogP contribution in [-0.4, -0.2) is 15.0 Å². The average Bonchev–Trinajstić information content (AvgIpc) is 3.19. The van der Waals surface area contributed by atoms with Crippen LogP contribution in [0.5, 0.6) is 0 Å². The second kappa shape index (κ2) is 8.00. The van der Waals surface area contributed by atoms with Crippen molar-refractivity contribution in [1.29, 1.82) is 0 Å². The zero-order chi connectivity index (χ0) is 21.4. The third-order valence-electron chi connectivity index (χ3n) is 4.55. The van der Waals surface area contributed by atoms with E-state index in [0.29, 0.717) is 15.7 Å². The maximum atomic E-state index is 14.3. The Morgan fingerprint density at radius 2 is 1.93 bits per heavy atom. The van der Waals surface area contributed by atoms with Crippen LogP contribution < -0.4 is 16.6 Å². The number of carbonyl (C=O) groups excluding carboxylic acids is 1. The molecule has 0 bridgehead atoms. The summed E-state index contributed by atoms with van der Waals surface area (Å²) in [6.45, 7) is 1.59. The first kappa shape index (κ1) is 20.2. The van der Waals surface area contributed by atoms with Crippen LogP contribution >= 0.6 is 27.3 Å². The van der Waals surface area contributed by atoms with Crippen LogP contribution in [0.4, 0.5) is 10.1 Å². The first-order chi connectivity index (χ1) is 14.4. The molecule has 9 heteroatoms. The van der Waals surface area contributed by atoms with Crippen molar-refractivity contribution in [2.45, 2.75) is 13.5 Å². The lowest BCUT2D eigenvalue weighted by atomic mass is 10.2. The van der Waals surface area contributed by atoms with Crippen molar-refractivity contribution in [3.8, 4) is 5.69 Å². The van der Waals surface area contributed by atoms with E-state index in [-0.39, 0.29) is 16.9 Å². The lowest BCUT2D eigenvalue weighted by Gasteiger charge is -2.13. The Kier molecular flexibility index (Phi) is 5.40. The Labute approximate surface area is 182 Å². The predicted molar refractivity (Wildman–Crippen MR) is 119 cm³/mol. The van der Waals surface area contributed by atoms with Crippen molar-refractivity contribution >= 4 is 49.1 Å². The number of nitrogens with zero attached hydrogens (tertiary/aromatic N) is 2. The van der Waals surface area contributed by atoms with Crippen molar-refractivity contribution < 1.29 is 9.18 Å². The highest BCUT2D eigenvalue weighted by atomic mass is 79.9. The molecule has 0 fully saturated rings. The first-order valence-electron chi connectivity index (χ1n) is 8.91. The summed E-state index contributed by atoms with van der Waals surface area (Å²) in [5.41, 5.74) is 0.358. The van der Waals surface area contributed by atoms with Crippen LogP contribution in [0.15, 0.2) is 68.0 Å². The molecule has 30 heavy (non-hydrogen) atoms. The fraction of sp³-hybridized carbons (Fsp3) is 0.0952. The van der Waals surface area contributed by atoms with Crippen LogP contribution in [-0.2, 0) is 11.3 Å². The lowest BCUT2D eigenvalue weighted by molar-refractivity contribution is -0.116. The van der Waals surface area contributed by atoms with Crippen molar-refractivity contribution in [2.75, 3.05) is 5.32 Å². The third kappa shape index (κ3) is 3.61. The van der Waals surface area contributed by atoms with Gasteiger partial charge in [-0.1, -0.05) is 18.2 Å². The maximum absolute atomic E-state index is 14.3. The van der Waals surface area contributed by atoms with Gasteiger partial charge in [-0.3, -0.25) is 14.2 Å². The summed E-state index contributed by atoms with van der Waals surface area (Å²) >= 11 is 4.53. The molecule has 0 spiro atoms. The molecule has 4 aromatic rings. The number of aromatic nitrogens is 2. The monoisotopic (exact) mass is 487 g/mol. The number of benzene rings is 2. The summed E-state index contributed by atoms with van der Waals surface area (Å²) in [6, 6.07) is 12.6. The molecule has 152 valence electrons. The van der Waals surface area contributed by atoms with E-state index in [1.54, 1.807) is 17.5 Å². The Morgan fingerprint density at radius 1 is 1.17 bits per heavy atom. The van der Waals surface area contributed by atoms with Crippen molar-refractivity contribution in [2.24, 2.45) is 0 Å². The molecule has 4 rings (SSSR count). The van der Waals surface area contributed by atoms with E-state index in [1.807, 2.05) is 19.1 Å². The largest absolute Gasteiger partial charge is 0.336 e. The van der Waals surface area contributed by atoms with Gasteiger partial charge in [0.2, 0.25) is 5.91 Å². The molecule has 0 saturated heterocycles. The van der Waals surface area contributed by atoms with Gasteiger partial charge in [-0.2, -0.15) is 0 Å². The third-order valence-corrected chi connectivity index (χ3v) is 6.10. The van der Waals surface area contributed by atoms with E-state index in [1.165, 1.54) is 28.8 Å². The molecule has 2 heterocycles. The summed E-state index contributed by atoms with van der Waals surface area (Å²) in [7, 11) is 0. The molecule has 2 aromatic carbocycles. The van der Waals surface area contributed by atoms with Gasteiger partial charge in [0.15, 0.2) is 0 Å². The minimum Gasteiger partial charge on any atom is -0.324 e. The summed E-state index contributed by atoms with van der Waals surface area (Å²) in [5, 5.41) is 4.41. The number of hydrogen-bond acceptors (Lipinski definition) is 4. The zero-order valence-corrected chi connectivity index (χ0v) is 18.1. The molecule has 0 saturated carbocycles. The van der Waals surface area contributed by atoms with E-state index in [0.717, 1.165) is 21.5 Å². The molecule has 1 amide bonds. The molecule has 0 unspecified atom stereocenters. The van der Waals surface area contributed by atoms with Crippen molar-refractivity contribution in [1.82, 2.24) is 9.13 Å². The summed E-state index contributed by atoms with van der Waals surface area (Å²) in [4.78, 5) is 38.7. The van der Waals surface area contributed by atoms with E-state index in [2.05, 4.69) is 21.2 Å². The molecular weight excluding hydrogens is 473 g/mol. The summed E-state index contributed by atoms with van der Waals surface area (Å²) in [5.74, 6) is -1.15. The molecule has 0 atom stereocenters. The van der Waals surface area contributed by atoms with E-state index in [4.69, 9.17) is 0 Å².